The largest absolute Gasteiger partial charge is 0.398 e. The van der Waals surface area contributed by atoms with Gasteiger partial charge in [0.2, 0.25) is 20.0 Å². The molecule has 7 nitrogen and oxygen atoms in total. The van der Waals surface area contributed by atoms with Gasteiger partial charge in [-0.05, 0) is 37.5 Å². The fourth-order valence-electron chi connectivity index (χ4n) is 1.81. The summed E-state index contributed by atoms with van der Waals surface area (Å²) >= 11 is 0. The molecule has 0 aromatic heterocycles. The van der Waals surface area contributed by atoms with Crippen molar-refractivity contribution >= 4 is 25.7 Å². The number of aryl methyl sites for hydroxylation is 1. The summed E-state index contributed by atoms with van der Waals surface area (Å²) in [6.07, 6.45) is 0.110. The van der Waals surface area contributed by atoms with Gasteiger partial charge in [-0.1, -0.05) is 6.07 Å². The van der Waals surface area contributed by atoms with Gasteiger partial charge in [0.05, 0.1) is 10.6 Å². The van der Waals surface area contributed by atoms with Gasteiger partial charge in [0.1, 0.15) is 0 Å². The Balaban J connectivity index is 2.88. The minimum Gasteiger partial charge on any atom is -0.398 e. The lowest BCUT2D eigenvalue weighted by molar-refractivity contribution is 0.575. The molecule has 0 aliphatic rings. The number of nitrogens with two attached hydrogens (primary N) is 2. The van der Waals surface area contributed by atoms with Gasteiger partial charge in [-0.3, -0.25) is 0 Å². The summed E-state index contributed by atoms with van der Waals surface area (Å²) in [7, 11) is -7.31. The van der Waals surface area contributed by atoms with Gasteiger partial charge in [0.25, 0.3) is 0 Å². The van der Waals surface area contributed by atoms with Crippen molar-refractivity contribution in [2.24, 2.45) is 5.14 Å². The Kier molecular flexibility index (Phi) is 5.14. The van der Waals surface area contributed by atoms with Crippen LogP contribution in [0.1, 0.15) is 17.5 Å². The first-order chi connectivity index (χ1) is 9.04. The predicted octanol–water partition coefficient (Wildman–Crippen LogP) is -0.157. The van der Waals surface area contributed by atoms with Crippen molar-refractivity contribution < 1.29 is 16.8 Å². The van der Waals surface area contributed by atoms with Crippen molar-refractivity contribution in [3.63, 3.8) is 0 Å². The Bertz CT molecular complexity index is 697. The molecule has 0 aliphatic heterocycles. The molecular weight excluding hydrogens is 302 g/mol. The molecule has 1 aromatic rings. The minimum atomic E-state index is -3.73. The monoisotopic (exact) mass is 321 g/mol. The van der Waals surface area contributed by atoms with Crippen LogP contribution in [0.4, 0.5) is 5.69 Å². The Hall–Kier alpha value is -1.16. The summed E-state index contributed by atoms with van der Waals surface area (Å²) in [5.41, 5.74) is 7.15. The Morgan fingerprint density at radius 1 is 1.15 bits per heavy atom. The second kappa shape index (κ2) is 6.08. The molecule has 0 aliphatic carbocycles. The quantitative estimate of drug-likeness (QED) is 0.495. The van der Waals surface area contributed by atoms with Crippen molar-refractivity contribution in [3.8, 4) is 0 Å². The molecular formula is C11H19N3O4S2. The number of hydrogen-bond acceptors (Lipinski definition) is 5. The first-order valence-electron chi connectivity index (χ1n) is 5.90. The van der Waals surface area contributed by atoms with Crippen LogP contribution < -0.4 is 15.6 Å². The first kappa shape index (κ1) is 16.9. The molecule has 0 amide bonds. The van der Waals surface area contributed by atoms with E-state index in [2.05, 4.69) is 4.72 Å². The van der Waals surface area contributed by atoms with Gasteiger partial charge in [-0.2, -0.15) is 0 Å². The summed E-state index contributed by atoms with van der Waals surface area (Å²) in [5, 5.41) is 4.84. The number of nitrogen functional groups attached to an aromatic ring is 1. The molecule has 0 spiro atoms. The zero-order valence-electron chi connectivity index (χ0n) is 11.4. The van der Waals surface area contributed by atoms with E-state index in [1.54, 1.807) is 26.0 Å². The fraction of sp³-hybridized carbons (Fsp3) is 0.455. The average Bonchev–Trinajstić information content (AvgIpc) is 2.29. The molecule has 1 aromatic carbocycles. The van der Waals surface area contributed by atoms with E-state index in [1.807, 2.05) is 0 Å². The van der Waals surface area contributed by atoms with Gasteiger partial charge in [0, 0.05) is 12.2 Å². The van der Waals surface area contributed by atoms with Gasteiger partial charge < -0.3 is 5.73 Å². The molecule has 0 heterocycles. The summed E-state index contributed by atoms with van der Waals surface area (Å²) < 4.78 is 48.3. The van der Waals surface area contributed by atoms with E-state index in [9.17, 15) is 16.8 Å². The second-order valence-electron chi connectivity index (χ2n) is 4.54. The van der Waals surface area contributed by atoms with E-state index in [1.165, 1.54) is 0 Å². The summed E-state index contributed by atoms with van der Waals surface area (Å²) in [5.74, 6) is -0.273. The Labute approximate surface area is 119 Å². The first-order valence-corrected chi connectivity index (χ1v) is 9.10. The molecule has 0 unspecified atom stereocenters. The maximum Gasteiger partial charge on any atom is 0.241 e. The van der Waals surface area contributed by atoms with E-state index in [0.717, 1.165) is 0 Å². The predicted molar refractivity (Wildman–Crippen MR) is 78.1 cm³/mol. The highest BCUT2D eigenvalue weighted by molar-refractivity contribution is 7.89. The molecule has 0 radical (unpaired) electrons. The molecule has 0 bridgehead atoms. The maximum atomic E-state index is 12.2. The number of anilines is 1. The lowest BCUT2D eigenvalue weighted by atomic mass is 10.1. The standard InChI is InChI=1S/C11H19N3O4S2/c1-8-4-5-10(12)9(2)11(8)20(17,18)14-6-3-7-19(13,15)16/h4-5,14H,3,6-7,12H2,1-2H3,(H2,13,15,16). The summed E-state index contributed by atoms with van der Waals surface area (Å²) in [4.78, 5) is 0.133. The lowest BCUT2D eigenvalue weighted by Crippen LogP contribution is -2.28. The van der Waals surface area contributed by atoms with Crippen LogP contribution in [0.5, 0.6) is 0 Å². The highest BCUT2D eigenvalue weighted by Gasteiger charge is 2.20. The minimum absolute atomic E-state index is 0.00750. The van der Waals surface area contributed by atoms with Gasteiger partial charge in [0.15, 0.2) is 0 Å². The lowest BCUT2D eigenvalue weighted by Gasteiger charge is -2.13. The fourth-order valence-corrected chi connectivity index (χ4v) is 3.92. The maximum absolute atomic E-state index is 12.2. The Morgan fingerprint density at radius 2 is 1.75 bits per heavy atom. The van der Waals surface area contributed by atoms with Crippen molar-refractivity contribution in [3.05, 3.63) is 23.3 Å². The van der Waals surface area contributed by atoms with Crippen LogP contribution in [0, 0.1) is 13.8 Å². The second-order valence-corrected chi connectivity index (χ2v) is 7.98. The molecule has 5 N–H and O–H groups in total. The van der Waals surface area contributed by atoms with Crippen molar-refractivity contribution in [1.82, 2.24) is 4.72 Å². The molecule has 20 heavy (non-hydrogen) atoms. The van der Waals surface area contributed by atoms with Crippen LogP contribution in [0.2, 0.25) is 0 Å². The van der Waals surface area contributed by atoms with Gasteiger partial charge in [-0.15, -0.1) is 0 Å². The zero-order chi connectivity index (χ0) is 15.6. The third-order valence-electron chi connectivity index (χ3n) is 2.81. The van der Waals surface area contributed by atoms with E-state index < -0.39 is 20.0 Å². The van der Waals surface area contributed by atoms with Gasteiger partial charge >= 0.3 is 0 Å². The smallest absolute Gasteiger partial charge is 0.241 e. The molecule has 0 saturated heterocycles. The van der Waals surface area contributed by atoms with Crippen LogP contribution in [-0.4, -0.2) is 29.1 Å². The molecule has 0 atom stereocenters. The van der Waals surface area contributed by atoms with E-state index >= 15 is 0 Å². The topological polar surface area (TPSA) is 132 Å². The molecule has 0 fully saturated rings. The number of hydrogen-bond donors (Lipinski definition) is 3. The zero-order valence-corrected chi connectivity index (χ0v) is 13.0. The molecule has 0 saturated carbocycles. The third-order valence-corrected chi connectivity index (χ3v) is 5.42. The normalized spacial score (nSPS) is 12.6. The molecule has 114 valence electrons. The van der Waals surface area contributed by atoms with Crippen molar-refractivity contribution in [2.75, 3.05) is 18.0 Å². The van der Waals surface area contributed by atoms with Crippen LogP contribution in [0.25, 0.3) is 0 Å². The highest BCUT2D eigenvalue weighted by atomic mass is 32.2. The molecule has 1 rings (SSSR count). The number of primary sulfonamides is 1. The summed E-state index contributed by atoms with van der Waals surface area (Å²) in [6.45, 7) is 3.29. The Morgan fingerprint density at radius 3 is 2.30 bits per heavy atom. The summed E-state index contributed by atoms with van der Waals surface area (Å²) in [6, 6.07) is 3.27. The van der Waals surface area contributed by atoms with E-state index in [4.69, 9.17) is 10.9 Å². The highest BCUT2D eigenvalue weighted by Crippen LogP contribution is 2.24. The number of benzene rings is 1. The van der Waals surface area contributed by atoms with Gasteiger partial charge in [-0.25, -0.2) is 26.7 Å². The van der Waals surface area contributed by atoms with Crippen LogP contribution in [0.3, 0.4) is 0 Å². The van der Waals surface area contributed by atoms with Crippen LogP contribution in [0.15, 0.2) is 17.0 Å². The van der Waals surface area contributed by atoms with Crippen molar-refractivity contribution in [2.45, 2.75) is 25.2 Å². The third kappa shape index (κ3) is 4.44. The van der Waals surface area contributed by atoms with Crippen LogP contribution >= 0.6 is 0 Å². The molecule has 9 heteroatoms. The number of sulfonamides is 2. The number of nitrogens with one attached hydrogen (secondary N) is 1. The van der Waals surface area contributed by atoms with E-state index in [0.29, 0.717) is 16.8 Å². The SMILES string of the molecule is Cc1ccc(N)c(C)c1S(=O)(=O)NCCCS(N)(=O)=O. The average molecular weight is 321 g/mol. The number of rotatable bonds is 6. The van der Waals surface area contributed by atoms with Crippen molar-refractivity contribution in [1.29, 1.82) is 0 Å². The van der Waals surface area contributed by atoms with E-state index in [-0.39, 0.29) is 23.6 Å². The van der Waals surface area contributed by atoms with Crippen LogP contribution in [-0.2, 0) is 20.0 Å².